The molecule has 0 radical (unpaired) electrons. The van der Waals surface area contributed by atoms with E-state index in [0.717, 1.165) is 6.07 Å². The molecule has 0 fully saturated rings. The van der Waals surface area contributed by atoms with Crippen LogP contribution in [0.4, 0.5) is 24.8 Å². The lowest BCUT2D eigenvalue weighted by atomic mass is 10.1. The monoisotopic (exact) mass is 501 g/mol. The predicted molar refractivity (Wildman–Crippen MR) is 124 cm³/mol. The van der Waals surface area contributed by atoms with E-state index in [9.17, 15) is 21.6 Å². The van der Waals surface area contributed by atoms with E-state index < -0.39 is 33.2 Å². The fourth-order valence-corrected chi connectivity index (χ4v) is 4.43. The summed E-state index contributed by atoms with van der Waals surface area (Å²) in [7, 11) is -4.12. The van der Waals surface area contributed by atoms with Gasteiger partial charge < -0.3 is 10.5 Å². The van der Waals surface area contributed by atoms with Crippen LogP contribution in [-0.4, -0.2) is 23.4 Å². The summed E-state index contributed by atoms with van der Waals surface area (Å²) in [6.07, 6.45) is -2.04. The molecule has 0 saturated heterocycles. The molecule has 0 bridgehead atoms. The summed E-state index contributed by atoms with van der Waals surface area (Å²) in [5.41, 5.74) is 4.96. The van der Waals surface area contributed by atoms with Gasteiger partial charge in [-0.25, -0.2) is 23.4 Å². The third kappa shape index (κ3) is 6.03. The number of sulfonamides is 1. The number of nitrogens with two attached hydrogens (primary N) is 1. The van der Waals surface area contributed by atoms with Crippen molar-refractivity contribution < 1.29 is 26.3 Å². The number of benzene rings is 2. The van der Waals surface area contributed by atoms with Gasteiger partial charge in [0.25, 0.3) is 0 Å². The first-order valence-corrected chi connectivity index (χ1v) is 11.7. The number of nitrogen functional groups attached to an aromatic ring is 1. The summed E-state index contributed by atoms with van der Waals surface area (Å²) < 4.78 is 74.1. The van der Waals surface area contributed by atoms with Crippen LogP contribution in [0.2, 0.25) is 0 Å². The van der Waals surface area contributed by atoms with Crippen molar-refractivity contribution in [3.05, 3.63) is 90.3 Å². The van der Waals surface area contributed by atoms with Crippen molar-refractivity contribution >= 4 is 21.7 Å². The van der Waals surface area contributed by atoms with E-state index in [2.05, 4.69) is 15.0 Å². The molecule has 180 valence electrons. The molecule has 2 aromatic carbocycles. The third-order valence-electron chi connectivity index (χ3n) is 4.70. The Kier molecular flexibility index (Phi) is 6.56. The first-order chi connectivity index (χ1) is 16.6. The number of nitrogens with zero attached hydrogens (tertiary/aromatic N) is 3. The standard InChI is InChI=1S/C23H18F3N5O3S/c24-23(25,26)18-13-16(8-9-20(18)31-35(32,33)14-15-5-2-1-3-6-15)34-21-17(7-4-11-28-21)19-10-12-29-22(27)30-19/h1-13,31H,14H2,(H2,27,29,30). The molecule has 3 N–H and O–H groups in total. The summed E-state index contributed by atoms with van der Waals surface area (Å²) in [5.74, 6) is -0.701. The van der Waals surface area contributed by atoms with Crippen molar-refractivity contribution in [2.45, 2.75) is 11.9 Å². The second kappa shape index (κ2) is 9.58. The summed E-state index contributed by atoms with van der Waals surface area (Å²) >= 11 is 0. The number of hydrogen-bond acceptors (Lipinski definition) is 7. The quantitative estimate of drug-likeness (QED) is 0.371. The Bertz CT molecular complexity index is 1450. The largest absolute Gasteiger partial charge is 0.438 e. The number of aromatic nitrogens is 3. The Balaban J connectivity index is 1.65. The van der Waals surface area contributed by atoms with E-state index in [1.807, 2.05) is 4.72 Å². The molecule has 0 aliphatic heterocycles. The molecule has 0 spiro atoms. The molecule has 0 amide bonds. The molecule has 0 aliphatic rings. The fourth-order valence-electron chi connectivity index (χ4n) is 3.21. The van der Waals surface area contributed by atoms with Crippen LogP contribution < -0.4 is 15.2 Å². The topological polar surface area (TPSA) is 120 Å². The van der Waals surface area contributed by atoms with Crippen LogP contribution in [0.25, 0.3) is 11.3 Å². The first kappa shape index (κ1) is 24.0. The van der Waals surface area contributed by atoms with Gasteiger partial charge in [0.05, 0.1) is 28.3 Å². The van der Waals surface area contributed by atoms with Crippen molar-refractivity contribution in [3.63, 3.8) is 0 Å². The zero-order valence-electron chi connectivity index (χ0n) is 17.9. The number of hydrogen-bond donors (Lipinski definition) is 2. The third-order valence-corrected chi connectivity index (χ3v) is 5.94. The van der Waals surface area contributed by atoms with Crippen molar-refractivity contribution in [1.29, 1.82) is 0 Å². The zero-order chi connectivity index (χ0) is 25.1. The highest BCUT2D eigenvalue weighted by Gasteiger charge is 2.35. The number of rotatable bonds is 7. The number of ether oxygens (including phenoxy) is 1. The maximum atomic E-state index is 13.8. The number of nitrogens with one attached hydrogen (secondary N) is 1. The molecular formula is C23H18F3N5O3S. The first-order valence-electron chi connectivity index (χ1n) is 10.1. The van der Waals surface area contributed by atoms with E-state index in [0.29, 0.717) is 22.9 Å². The lowest BCUT2D eigenvalue weighted by Crippen LogP contribution is -2.18. The van der Waals surface area contributed by atoms with E-state index in [4.69, 9.17) is 10.5 Å². The van der Waals surface area contributed by atoms with Gasteiger partial charge in [-0.2, -0.15) is 13.2 Å². The number of alkyl halides is 3. The molecule has 0 saturated carbocycles. The lowest BCUT2D eigenvalue weighted by Gasteiger charge is -2.17. The number of pyridine rings is 1. The average Bonchev–Trinajstić information content (AvgIpc) is 2.80. The summed E-state index contributed by atoms with van der Waals surface area (Å²) in [4.78, 5) is 12.0. The van der Waals surface area contributed by atoms with Gasteiger partial charge in [-0.15, -0.1) is 0 Å². The number of anilines is 2. The molecule has 0 aliphatic carbocycles. The van der Waals surface area contributed by atoms with Gasteiger partial charge in [0.15, 0.2) is 0 Å². The molecule has 2 aromatic heterocycles. The van der Waals surface area contributed by atoms with Crippen LogP contribution in [-0.2, 0) is 22.0 Å². The minimum atomic E-state index is -4.86. The molecular weight excluding hydrogens is 483 g/mol. The highest BCUT2D eigenvalue weighted by molar-refractivity contribution is 7.91. The van der Waals surface area contributed by atoms with Gasteiger partial charge >= 0.3 is 6.18 Å². The van der Waals surface area contributed by atoms with Crippen LogP contribution in [0.15, 0.2) is 79.1 Å². The molecule has 8 nitrogen and oxygen atoms in total. The minimum Gasteiger partial charge on any atom is -0.438 e. The summed E-state index contributed by atoms with van der Waals surface area (Å²) in [6.45, 7) is 0. The maximum absolute atomic E-state index is 13.8. The SMILES string of the molecule is Nc1nccc(-c2cccnc2Oc2ccc(NS(=O)(=O)Cc3ccccc3)c(C(F)(F)F)c2)n1. The van der Waals surface area contributed by atoms with Gasteiger partial charge in [-0.3, -0.25) is 4.72 Å². The lowest BCUT2D eigenvalue weighted by molar-refractivity contribution is -0.137. The maximum Gasteiger partial charge on any atom is 0.418 e. The highest BCUT2D eigenvalue weighted by Crippen LogP contribution is 2.39. The second-order valence-corrected chi connectivity index (χ2v) is 9.03. The Hall–Kier alpha value is -4.19. The molecule has 0 atom stereocenters. The normalized spacial score (nSPS) is 11.7. The molecule has 4 aromatic rings. The van der Waals surface area contributed by atoms with Crippen molar-refractivity contribution in [2.24, 2.45) is 0 Å². The van der Waals surface area contributed by atoms with Crippen LogP contribution >= 0.6 is 0 Å². The molecule has 2 heterocycles. The van der Waals surface area contributed by atoms with Crippen LogP contribution in [0, 0.1) is 0 Å². The highest BCUT2D eigenvalue weighted by atomic mass is 32.2. The van der Waals surface area contributed by atoms with Gasteiger partial charge in [-0.05, 0) is 42.0 Å². The Morgan fingerprint density at radius 2 is 1.71 bits per heavy atom. The van der Waals surface area contributed by atoms with E-state index >= 15 is 0 Å². The molecule has 12 heteroatoms. The van der Waals surface area contributed by atoms with Gasteiger partial charge in [0, 0.05) is 12.4 Å². The van der Waals surface area contributed by atoms with E-state index in [1.165, 1.54) is 18.5 Å². The van der Waals surface area contributed by atoms with Gasteiger partial charge in [0.1, 0.15) is 5.75 Å². The zero-order valence-corrected chi connectivity index (χ0v) is 18.7. The smallest absolute Gasteiger partial charge is 0.418 e. The molecule has 4 rings (SSSR count). The van der Waals surface area contributed by atoms with Crippen molar-refractivity contribution in [1.82, 2.24) is 15.0 Å². The van der Waals surface area contributed by atoms with Crippen molar-refractivity contribution in [3.8, 4) is 22.9 Å². The Labute approximate surface area is 198 Å². The Morgan fingerprint density at radius 3 is 2.43 bits per heavy atom. The predicted octanol–water partition coefficient (Wildman–Crippen LogP) is 4.87. The van der Waals surface area contributed by atoms with Crippen LogP contribution in [0.5, 0.6) is 11.6 Å². The van der Waals surface area contributed by atoms with Gasteiger partial charge in [0.2, 0.25) is 21.9 Å². The summed E-state index contributed by atoms with van der Waals surface area (Å²) in [5, 5.41) is 0. The molecule has 0 unspecified atom stereocenters. The van der Waals surface area contributed by atoms with Crippen molar-refractivity contribution in [2.75, 3.05) is 10.5 Å². The fraction of sp³-hybridized carbons (Fsp3) is 0.0870. The average molecular weight is 501 g/mol. The second-order valence-electron chi connectivity index (χ2n) is 7.31. The minimum absolute atomic E-state index is 0.00352. The van der Waals surface area contributed by atoms with Gasteiger partial charge in [-0.1, -0.05) is 30.3 Å². The number of halogens is 3. The van der Waals surface area contributed by atoms with E-state index in [1.54, 1.807) is 48.5 Å². The van der Waals surface area contributed by atoms with Crippen LogP contribution in [0.1, 0.15) is 11.1 Å². The Morgan fingerprint density at radius 1 is 0.943 bits per heavy atom. The van der Waals surface area contributed by atoms with E-state index in [-0.39, 0.29) is 17.6 Å². The van der Waals surface area contributed by atoms with Crippen LogP contribution in [0.3, 0.4) is 0 Å². The molecule has 35 heavy (non-hydrogen) atoms. The summed E-state index contributed by atoms with van der Waals surface area (Å²) in [6, 6.07) is 15.8.